The van der Waals surface area contributed by atoms with Gasteiger partial charge in [0.1, 0.15) is 5.82 Å². The molecule has 2 rings (SSSR count). The van der Waals surface area contributed by atoms with Gasteiger partial charge in [-0.05, 0) is 49.1 Å². The molecule has 1 aromatic rings. The third kappa shape index (κ3) is 3.67. The van der Waals surface area contributed by atoms with Gasteiger partial charge in [-0.2, -0.15) is 0 Å². The quantitative estimate of drug-likeness (QED) is 0.758. The number of likely N-dealkylation sites (tertiary alicyclic amines) is 1. The van der Waals surface area contributed by atoms with Crippen molar-refractivity contribution in [2.24, 2.45) is 5.92 Å². The molecule has 1 aliphatic heterocycles. The van der Waals surface area contributed by atoms with Crippen LogP contribution in [0.25, 0.3) is 0 Å². The average Bonchev–Trinajstić information content (AvgIpc) is 2.34. The molecule has 1 heterocycles. The number of nitrogens with zero attached hydrogens (tertiary/aromatic N) is 1. The molecule has 0 N–H and O–H groups in total. The Hall–Kier alpha value is -0.120. The molecular formula is C13H16BrClFN. The molecule has 4 heteroatoms. The maximum Gasteiger partial charge on any atom is 0.123 e. The van der Waals surface area contributed by atoms with Crippen LogP contribution in [-0.4, -0.2) is 23.3 Å². The van der Waals surface area contributed by atoms with Crippen LogP contribution in [0.15, 0.2) is 18.2 Å². The molecule has 1 fully saturated rings. The molecule has 1 nitrogen and oxygen atoms in total. The van der Waals surface area contributed by atoms with Gasteiger partial charge in [0, 0.05) is 23.4 Å². The molecule has 0 saturated carbocycles. The van der Waals surface area contributed by atoms with Gasteiger partial charge in [-0.25, -0.2) is 4.39 Å². The lowest BCUT2D eigenvalue weighted by atomic mass is 10.00. The fourth-order valence-electron chi connectivity index (χ4n) is 2.33. The van der Waals surface area contributed by atoms with Crippen LogP contribution in [0.3, 0.4) is 0 Å². The van der Waals surface area contributed by atoms with Crippen LogP contribution < -0.4 is 0 Å². The Bertz CT molecular complexity index is 386. The zero-order chi connectivity index (χ0) is 12.3. The van der Waals surface area contributed by atoms with Crippen LogP contribution in [-0.2, 0) is 6.54 Å². The van der Waals surface area contributed by atoms with E-state index >= 15 is 0 Å². The van der Waals surface area contributed by atoms with Crippen LogP contribution in [0.2, 0.25) is 5.02 Å². The third-order valence-electron chi connectivity index (χ3n) is 3.22. The highest BCUT2D eigenvalue weighted by molar-refractivity contribution is 9.09. The summed E-state index contributed by atoms with van der Waals surface area (Å²) in [6.07, 6.45) is 2.49. The van der Waals surface area contributed by atoms with E-state index < -0.39 is 0 Å². The maximum atomic E-state index is 13.2. The molecule has 0 radical (unpaired) electrons. The number of piperidine rings is 1. The van der Waals surface area contributed by atoms with E-state index in [-0.39, 0.29) is 5.82 Å². The van der Waals surface area contributed by atoms with Gasteiger partial charge >= 0.3 is 0 Å². The van der Waals surface area contributed by atoms with Crippen molar-refractivity contribution in [2.75, 3.05) is 18.4 Å². The summed E-state index contributed by atoms with van der Waals surface area (Å²) in [6.45, 7) is 2.90. The van der Waals surface area contributed by atoms with Crippen molar-refractivity contribution in [3.8, 4) is 0 Å². The van der Waals surface area contributed by atoms with Gasteiger partial charge in [0.25, 0.3) is 0 Å². The smallest absolute Gasteiger partial charge is 0.123 e. The minimum Gasteiger partial charge on any atom is -0.299 e. The maximum absolute atomic E-state index is 13.2. The first kappa shape index (κ1) is 13.3. The zero-order valence-electron chi connectivity index (χ0n) is 9.63. The monoisotopic (exact) mass is 319 g/mol. The second-order valence-electron chi connectivity index (χ2n) is 4.63. The summed E-state index contributed by atoms with van der Waals surface area (Å²) in [5.74, 6) is 0.495. The van der Waals surface area contributed by atoms with Crippen molar-refractivity contribution in [1.29, 1.82) is 0 Å². The van der Waals surface area contributed by atoms with E-state index in [1.165, 1.54) is 18.9 Å². The number of hydrogen-bond donors (Lipinski definition) is 0. The van der Waals surface area contributed by atoms with Crippen LogP contribution >= 0.6 is 27.5 Å². The van der Waals surface area contributed by atoms with Gasteiger partial charge in [0.15, 0.2) is 0 Å². The van der Waals surface area contributed by atoms with Crippen LogP contribution in [0.5, 0.6) is 0 Å². The Labute approximate surface area is 115 Å². The highest BCUT2D eigenvalue weighted by Crippen LogP contribution is 2.23. The van der Waals surface area contributed by atoms with Crippen LogP contribution in [0.4, 0.5) is 4.39 Å². The number of hydrogen-bond acceptors (Lipinski definition) is 1. The SMILES string of the molecule is Fc1ccc(Cl)c(CN2CCCC(CBr)C2)c1. The van der Waals surface area contributed by atoms with Gasteiger partial charge in [-0.15, -0.1) is 0 Å². The van der Waals surface area contributed by atoms with Crippen LogP contribution in [0, 0.1) is 11.7 Å². The molecule has 94 valence electrons. The fraction of sp³-hybridized carbons (Fsp3) is 0.538. The van der Waals surface area contributed by atoms with E-state index in [1.807, 2.05) is 0 Å². The van der Waals surface area contributed by atoms with Gasteiger partial charge in [-0.1, -0.05) is 27.5 Å². The summed E-state index contributed by atoms with van der Waals surface area (Å²) in [5.41, 5.74) is 0.891. The summed E-state index contributed by atoms with van der Waals surface area (Å²) in [7, 11) is 0. The van der Waals surface area contributed by atoms with Crippen molar-refractivity contribution in [3.63, 3.8) is 0 Å². The van der Waals surface area contributed by atoms with Crippen molar-refractivity contribution in [2.45, 2.75) is 19.4 Å². The Morgan fingerprint density at radius 1 is 1.47 bits per heavy atom. The van der Waals surface area contributed by atoms with Crippen molar-refractivity contribution < 1.29 is 4.39 Å². The minimum atomic E-state index is -0.210. The molecule has 0 aliphatic carbocycles. The van der Waals surface area contributed by atoms with E-state index in [4.69, 9.17) is 11.6 Å². The number of halogens is 3. The van der Waals surface area contributed by atoms with Crippen molar-refractivity contribution >= 4 is 27.5 Å². The Morgan fingerprint density at radius 2 is 2.29 bits per heavy atom. The molecular weight excluding hydrogens is 305 g/mol. The summed E-state index contributed by atoms with van der Waals surface area (Å²) < 4.78 is 13.2. The lowest BCUT2D eigenvalue weighted by Gasteiger charge is -2.32. The highest BCUT2D eigenvalue weighted by Gasteiger charge is 2.19. The average molecular weight is 321 g/mol. The molecule has 17 heavy (non-hydrogen) atoms. The van der Waals surface area contributed by atoms with Gasteiger partial charge < -0.3 is 0 Å². The first-order chi connectivity index (χ1) is 8.19. The topological polar surface area (TPSA) is 3.24 Å². The van der Waals surface area contributed by atoms with Gasteiger partial charge in [0.2, 0.25) is 0 Å². The lowest BCUT2D eigenvalue weighted by molar-refractivity contribution is 0.179. The predicted octanol–water partition coefficient (Wildman–Crippen LogP) is 4.09. The number of alkyl halides is 1. The normalized spacial score (nSPS) is 21.7. The van der Waals surface area contributed by atoms with Crippen LogP contribution in [0.1, 0.15) is 18.4 Å². The molecule has 1 atom stereocenters. The minimum absolute atomic E-state index is 0.210. The van der Waals surface area contributed by atoms with E-state index in [0.29, 0.717) is 10.9 Å². The lowest BCUT2D eigenvalue weighted by Crippen LogP contribution is -2.35. The van der Waals surface area contributed by atoms with Gasteiger partial charge in [-0.3, -0.25) is 4.90 Å². The van der Waals surface area contributed by atoms with E-state index in [9.17, 15) is 4.39 Å². The Morgan fingerprint density at radius 3 is 3.06 bits per heavy atom. The fourth-order valence-corrected chi connectivity index (χ4v) is 3.03. The summed E-state index contributed by atoms with van der Waals surface area (Å²) in [5, 5.41) is 1.70. The van der Waals surface area contributed by atoms with E-state index in [2.05, 4.69) is 20.8 Å². The second-order valence-corrected chi connectivity index (χ2v) is 5.69. The molecule has 1 aliphatic rings. The largest absolute Gasteiger partial charge is 0.299 e. The van der Waals surface area contributed by atoms with E-state index in [1.54, 1.807) is 12.1 Å². The number of benzene rings is 1. The molecule has 0 amide bonds. The number of rotatable bonds is 3. The Kier molecular flexibility index (Phi) is 4.83. The summed E-state index contributed by atoms with van der Waals surface area (Å²) in [6, 6.07) is 4.58. The standard InChI is InChI=1S/C13H16BrClFN/c14-7-10-2-1-5-17(8-10)9-11-6-12(16)3-4-13(11)15/h3-4,6,10H,1-2,5,7-9H2. The van der Waals surface area contributed by atoms with Crippen molar-refractivity contribution in [3.05, 3.63) is 34.6 Å². The zero-order valence-corrected chi connectivity index (χ0v) is 12.0. The second kappa shape index (κ2) is 6.17. The molecule has 1 unspecified atom stereocenters. The van der Waals surface area contributed by atoms with E-state index in [0.717, 1.165) is 30.5 Å². The highest BCUT2D eigenvalue weighted by atomic mass is 79.9. The third-order valence-corrected chi connectivity index (χ3v) is 4.51. The summed E-state index contributed by atoms with van der Waals surface area (Å²) in [4.78, 5) is 2.36. The van der Waals surface area contributed by atoms with Crippen molar-refractivity contribution in [1.82, 2.24) is 4.90 Å². The first-order valence-electron chi connectivity index (χ1n) is 5.91. The molecule has 1 aromatic carbocycles. The molecule has 0 aromatic heterocycles. The first-order valence-corrected chi connectivity index (χ1v) is 7.41. The molecule has 1 saturated heterocycles. The predicted molar refractivity (Wildman–Crippen MR) is 73.2 cm³/mol. The summed E-state index contributed by atoms with van der Waals surface area (Å²) >= 11 is 9.62. The van der Waals surface area contributed by atoms with Gasteiger partial charge in [0.05, 0.1) is 0 Å². The Balaban J connectivity index is 2.02. The molecule has 0 bridgehead atoms. The molecule has 0 spiro atoms.